The van der Waals surface area contributed by atoms with Crippen molar-refractivity contribution in [3.8, 4) is 0 Å². The Morgan fingerprint density at radius 3 is 2.37 bits per heavy atom. The van der Waals surface area contributed by atoms with Crippen LogP contribution in [0.1, 0.15) is 35.2 Å². The van der Waals surface area contributed by atoms with Gasteiger partial charge in [-0.1, -0.05) is 59.3 Å². The summed E-state index contributed by atoms with van der Waals surface area (Å²) in [5.41, 5.74) is 5.35. The van der Waals surface area contributed by atoms with Crippen molar-refractivity contribution in [1.82, 2.24) is 5.32 Å². The molecule has 0 radical (unpaired) electrons. The topological polar surface area (TPSA) is 12.0 Å². The van der Waals surface area contributed by atoms with E-state index < -0.39 is 0 Å². The van der Waals surface area contributed by atoms with Crippen LogP contribution in [-0.4, -0.2) is 6.54 Å². The summed E-state index contributed by atoms with van der Waals surface area (Å²) >= 11 is 3.67. The second kappa shape index (κ2) is 6.36. The Balaban J connectivity index is 2.52. The Morgan fingerprint density at radius 2 is 1.68 bits per heavy atom. The first kappa shape index (κ1) is 14.3. The van der Waals surface area contributed by atoms with E-state index >= 15 is 0 Å². The van der Waals surface area contributed by atoms with Crippen molar-refractivity contribution < 1.29 is 0 Å². The number of hydrogen-bond donors (Lipinski definition) is 1. The van der Waals surface area contributed by atoms with E-state index in [9.17, 15) is 0 Å². The molecular formula is C17H20BrN. The van der Waals surface area contributed by atoms with E-state index in [1.54, 1.807) is 0 Å². The van der Waals surface area contributed by atoms with Gasteiger partial charge in [-0.05, 0) is 48.7 Å². The molecule has 2 rings (SSSR count). The summed E-state index contributed by atoms with van der Waals surface area (Å²) < 4.78 is 1.15. The molecule has 0 heterocycles. The van der Waals surface area contributed by atoms with Gasteiger partial charge in [-0.25, -0.2) is 0 Å². The molecule has 1 atom stereocenters. The number of benzene rings is 2. The lowest BCUT2D eigenvalue weighted by Crippen LogP contribution is -2.23. The predicted octanol–water partition coefficient (Wildman–Crippen LogP) is 4.76. The molecule has 0 aliphatic heterocycles. The Kier molecular flexibility index (Phi) is 4.78. The molecule has 1 nitrogen and oxygen atoms in total. The van der Waals surface area contributed by atoms with Crippen molar-refractivity contribution in [2.45, 2.75) is 26.8 Å². The van der Waals surface area contributed by atoms with Crippen molar-refractivity contribution in [3.05, 3.63) is 69.2 Å². The van der Waals surface area contributed by atoms with Gasteiger partial charge in [-0.3, -0.25) is 0 Å². The average Bonchev–Trinajstić information content (AvgIpc) is 2.41. The van der Waals surface area contributed by atoms with Crippen LogP contribution in [-0.2, 0) is 0 Å². The van der Waals surface area contributed by atoms with Crippen molar-refractivity contribution >= 4 is 15.9 Å². The molecule has 0 saturated heterocycles. The Hall–Kier alpha value is -1.12. The Labute approximate surface area is 124 Å². The molecule has 0 bridgehead atoms. The molecule has 0 amide bonds. The van der Waals surface area contributed by atoms with Crippen LogP contribution in [0, 0.1) is 13.8 Å². The second-order valence-corrected chi connectivity index (χ2v) is 5.66. The molecule has 2 aromatic carbocycles. The van der Waals surface area contributed by atoms with Gasteiger partial charge >= 0.3 is 0 Å². The van der Waals surface area contributed by atoms with Gasteiger partial charge in [0.15, 0.2) is 0 Å². The van der Waals surface area contributed by atoms with Crippen molar-refractivity contribution in [2.75, 3.05) is 6.54 Å². The summed E-state index contributed by atoms with van der Waals surface area (Å²) in [6.07, 6.45) is 0. The summed E-state index contributed by atoms with van der Waals surface area (Å²) in [5, 5.41) is 3.59. The third-order valence-corrected chi connectivity index (χ3v) is 4.30. The van der Waals surface area contributed by atoms with Crippen LogP contribution in [0.25, 0.3) is 0 Å². The van der Waals surface area contributed by atoms with Crippen LogP contribution in [0.2, 0.25) is 0 Å². The van der Waals surface area contributed by atoms with Crippen LogP contribution in [0.15, 0.2) is 46.9 Å². The van der Waals surface area contributed by atoms with Gasteiger partial charge in [0.2, 0.25) is 0 Å². The summed E-state index contributed by atoms with van der Waals surface area (Å²) in [7, 11) is 0. The van der Waals surface area contributed by atoms with Crippen molar-refractivity contribution in [3.63, 3.8) is 0 Å². The predicted molar refractivity (Wildman–Crippen MR) is 85.6 cm³/mol. The largest absolute Gasteiger partial charge is 0.306 e. The van der Waals surface area contributed by atoms with Crippen molar-refractivity contribution in [1.29, 1.82) is 0 Å². The summed E-state index contributed by atoms with van der Waals surface area (Å²) in [4.78, 5) is 0. The van der Waals surface area contributed by atoms with Crippen LogP contribution >= 0.6 is 15.9 Å². The second-order valence-electron chi connectivity index (χ2n) is 4.80. The Bertz CT molecular complexity index is 563. The number of nitrogens with one attached hydrogen (secondary N) is 1. The molecule has 19 heavy (non-hydrogen) atoms. The maximum Gasteiger partial charge on any atom is 0.0590 e. The minimum absolute atomic E-state index is 0.237. The standard InChI is InChI=1S/C17H20BrN/c1-4-19-17(15-9-5-6-11-16(15)18)14-10-7-8-12(2)13(14)3/h5-11,17,19H,4H2,1-3H3. The quantitative estimate of drug-likeness (QED) is 0.856. The smallest absolute Gasteiger partial charge is 0.0590 e. The zero-order chi connectivity index (χ0) is 13.8. The lowest BCUT2D eigenvalue weighted by molar-refractivity contribution is 0.625. The molecule has 1 N–H and O–H groups in total. The third-order valence-electron chi connectivity index (χ3n) is 3.58. The molecule has 0 saturated carbocycles. The molecule has 0 fully saturated rings. The highest BCUT2D eigenvalue weighted by Gasteiger charge is 2.17. The van der Waals surface area contributed by atoms with Gasteiger partial charge in [0.05, 0.1) is 6.04 Å². The van der Waals surface area contributed by atoms with Gasteiger partial charge in [-0.2, -0.15) is 0 Å². The van der Waals surface area contributed by atoms with E-state index in [0.29, 0.717) is 0 Å². The molecule has 2 heteroatoms. The maximum absolute atomic E-state index is 3.67. The van der Waals surface area contributed by atoms with Crippen LogP contribution < -0.4 is 5.32 Å². The molecule has 0 aliphatic rings. The molecule has 2 aromatic rings. The molecule has 0 spiro atoms. The number of rotatable bonds is 4. The fourth-order valence-corrected chi connectivity index (χ4v) is 2.90. The van der Waals surface area contributed by atoms with Gasteiger partial charge in [-0.15, -0.1) is 0 Å². The van der Waals surface area contributed by atoms with E-state index in [0.717, 1.165) is 11.0 Å². The SMILES string of the molecule is CCNC(c1ccccc1Br)c1cccc(C)c1C. The molecular weight excluding hydrogens is 298 g/mol. The minimum Gasteiger partial charge on any atom is -0.306 e. The Morgan fingerprint density at radius 1 is 1.00 bits per heavy atom. The van der Waals surface area contributed by atoms with Crippen LogP contribution in [0.5, 0.6) is 0 Å². The fraction of sp³-hybridized carbons (Fsp3) is 0.294. The minimum atomic E-state index is 0.237. The monoisotopic (exact) mass is 317 g/mol. The highest BCUT2D eigenvalue weighted by molar-refractivity contribution is 9.10. The normalized spacial score (nSPS) is 12.4. The zero-order valence-electron chi connectivity index (χ0n) is 11.7. The van der Waals surface area contributed by atoms with Crippen LogP contribution in [0.3, 0.4) is 0 Å². The summed E-state index contributed by atoms with van der Waals surface area (Å²) in [6.45, 7) is 7.46. The average molecular weight is 318 g/mol. The highest BCUT2D eigenvalue weighted by Crippen LogP contribution is 2.31. The van der Waals surface area contributed by atoms with Crippen molar-refractivity contribution in [2.24, 2.45) is 0 Å². The first-order valence-corrected chi connectivity index (χ1v) is 7.48. The van der Waals surface area contributed by atoms with Gasteiger partial charge in [0.1, 0.15) is 0 Å². The maximum atomic E-state index is 3.67. The summed E-state index contributed by atoms with van der Waals surface area (Å²) in [5.74, 6) is 0. The number of hydrogen-bond acceptors (Lipinski definition) is 1. The number of aryl methyl sites for hydroxylation is 1. The van der Waals surface area contributed by atoms with E-state index in [1.807, 2.05) is 0 Å². The molecule has 0 aromatic heterocycles. The van der Waals surface area contributed by atoms with E-state index in [4.69, 9.17) is 0 Å². The molecule has 0 aliphatic carbocycles. The lowest BCUT2D eigenvalue weighted by atomic mass is 9.92. The van der Waals surface area contributed by atoms with E-state index in [2.05, 4.69) is 84.5 Å². The van der Waals surface area contributed by atoms with E-state index in [-0.39, 0.29) is 6.04 Å². The van der Waals surface area contributed by atoms with Crippen LogP contribution in [0.4, 0.5) is 0 Å². The lowest BCUT2D eigenvalue weighted by Gasteiger charge is -2.23. The number of halogens is 1. The molecule has 1 unspecified atom stereocenters. The third kappa shape index (κ3) is 3.07. The van der Waals surface area contributed by atoms with Gasteiger partial charge in [0.25, 0.3) is 0 Å². The van der Waals surface area contributed by atoms with Gasteiger partial charge in [0, 0.05) is 4.47 Å². The first-order chi connectivity index (χ1) is 9.15. The zero-order valence-corrected chi connectivity index (χ0v) is 13.3. The molecule has 100 valence electrons. The fourth-order valence-electron chi connectivity index (χ4n) is 2.39. The highest BCUT2D eigenvalue weighted by atomic mass is 79.9. The first-order valence-electron chi connectivity index (χ1n) is 6.69. The summed E-state index contributed by atoms with van der Waals surface area (Å²) in [6, 6.07) is 15.2. The van der Waals surface area contributed by atoms with Gasteiger partial charge < -0.3 is 5.32 Å². The van der Waals surface area contributed by atoms with E-state index in [1.165, 1.54) is 22.3 Å².